The molecule has 0 aliphatic carbocycles. The number of likely N-dealkylation sites (tertiary alicyclic amines) is 1. The van der Waals surface area contributed by atoms with Crippen molar-refractivity contribution in [2.45, 2.75) is 19.5 Å². The second-order valence-electron chi connectivity index (χ2n) is 5.32. The van der Waals surface area contributed by atoms with Gasteiger partial charge in [0, 0.05) is 19.6 Å². The summed E-state index contributed by atoms with van der Waals surface area (Å²) in [4.78, 5) is 14.4. The highest BCUT2D eigenvalue weighted by atomic mass is 16.6. The molecule has 1 aliphatic heterocycles. The summed E-state index contributed by atoms with van der Waals surface area (Å²) in [5.74, 6) is 0.174. The first-order valence-electron chi connectivity index (χ1n) is 7.11. The summed E-state index contributed by atoms with van der Waals surface area (Å²) in [7, 11) is 0. The first-order valence-corrected chi connectivity index (χ1v) is 7.11. The van der Waals surface area contributed by atoms with Crippen LogP contribution in [0.2, 0.25) is 0 Å². The number of benzene rings is 1. The Hall–Kier alpha value is -2.21. The fourth-order valence-electron chi connectivity index (χ4n) is 2.60. The first kappa shape index (κ1) is 13.8. The summed E-state index contributed by atoms with van der Waals surface area (Å²) in [5, 5.41) is 10.4. The standard InChI is InChI=1S/C15H18N4O2/c20-15(16-8-12-4-2-1-3-5-12)13-6-7-19(10-13)11-14-9-17-21-18-14/h1-5,9,13H,6-8,10-11H2,(H,16,20). The van der Waals surface area contributed by atoms with Gasteiger partial charge in [-0.15, -0.1) is 0 Å². The smallest absolute Gasteiger partial charge is 0.224 e. The van der Waals surface area contributed by atoms with Gasteiger partial charge in [-0.25, -0.2) is 4.63 Å². The van der Waals surface area contributed by atoms with Gasteiger partial charge in [0.05, 0.1) is 12.1 Å². The van der Waals surface area contributed by atoms with Crippen molar-refractivity contribution in [3.05, 3.63) is 47.8 Å². The Kier molecular flexibility index (Phi) is 4.25. The molecule has 1 amide bonds. The molecule has 21 heavy (non-hydrogen) atoms. The van der Waals surface area contributed by atoms with Crippen LogP contribution in [0.3, 0.4) is 0 Å². The zero-order valence-corrected chi connectivity index (χ0v) is 11.7. The number of carbonyl (C=O) groups is 1. The molecule has 0 spiro atoms. The van der Waals surface area contributed by atoms with Crippen molar-refractivity contribution in [3.8, 4) is 0 Å². The van der Waals surface area contributed by atoms with Crippen molar-refractivity contribution in [3.63, 3.8) is 0 Å². The molecule has 1 atom stereocenters. The number of amides is 1. The maximum Gasteiger partial charge on any atom is 0.224 e. The van der Waals surface area contributed by atoms with Gasteiger partial charge in [0.25, 0.3) is 0 Å². The van der Waals surface area contributed by atoms with E-state index in [0.717, 1.165) is 30.8 Å². The van der Waals surface area contributed by atoms with Gasteiger partial charge in [0.2, 0.25) is 5.91 Å². The lowest BCUT2D eigenvalue weighted by Crippen LogP contribution is -2.32. The van der Waals surface area contributed by atoms with Crippen molar-refractivity contribution in [1.29, 1.82) is 0 Å². The molecule has 6 nitrogen and oxygen atoms in total. The van der Waals surface area contributed by atoms with E-state index >= 15 is 0 Å². The van der Waals surface area contributed by atoms with Crippen molar-refractivity contribution in [1.82, 2.24) is 20.5 Å². The lowest BCUT2D eigenvalue weighted by molar-refractivity contribution is -0.124. The number of rotatable bonds is 5. The highest BCUT2D eigenvalue weighted by Gasteiger charge is 2.28. The predicted molar refractivity (Wildman–Crippen MR) is 76.0 cm³/mol. The van der Waals surface area contributed by atoms with E-state index in [4.69, 9.17) is 0 Å². The van der Waals surface area contributed by atoms with E-state index in [9.17, 15) is 4.79 Å². The first-order chi connectivity index (χ1) is 10.3. The van der Waals surface area contributed by atoms with Gasteiger partial charge in [-0.3, -0.25) is 9.69 Å². The van der Waals surface area contributed by atoms with E-state index in [1.54, 1.807) is 6.20 Å². The zero-order valence-electron chi connectivity index (χ0n) is 11.7. The average Bonchev–Trinajstić information content (AvgIpc) is 3.18. The maximum atomic E-state index is 12.2. The Bertz CT molecular complexity index is 571. The number of nitrogens with one attached hydrogen (secondary N) is 1. The SMILES string of the molecule is O=C(NCc1ccccc1)C1CCN(Cc2cnon2)C1. The van der Waals surface area contributed by atoms with E-state index in [1.807, 2.05) is 30.3 Å². The molecule has 2 heterocycles. The summed E-state index contributed by atoms with van der Waals surface area (Å²) in [6.07, 6.45) is 2.49. The van der Waals surface area contributed by atoms with E-state index in [2.05, 4.69) is 25.2 Å². The topological polar surface area (TPSA) is 71.3 Å². The molecule has 0 radical (unpaired) electrons. The normalized spacial score (nSPS) is 18.8. The lowest BCUT2D eigenvalue weighted by Gasteiger charge is -2.14. The average molecular weight is 286 g/mol. The monoisotopic (exact) mass is 286 g/mol. The second kappa shape index (κ2) is 6.49. The molecule has 1 aliphatic rings. The van der Waals surface area contributed by atoms with Crippen LogP contribution in [0.15, 0.2) is 41.2 Å². The van der Waals surface area contributed by atoms with Crippen LogP contribution < -0.4 is 5.32 Å². The Balaban J connectivity index is 1.46. The number of hydrogen-bond acceptors (Lipinski definition) is 5. The molecular formula is C15H18N4O2. The third-order valence-corrected chi connectivity index (χ3v) is 3.75. The molecule has 2 aromatic rings. The van der Waals surface area contributed by atoms with Crippen LogP contribution in [0.4, 0.5) is 0 Å². The molecule has 6 heteroatoms. The van der Waals surface area contributed by atoms with Crippen molar-refractivity contribution in [2.75, 3.05) is 13.1 Å². The van der Waals surface area contributed by atoms with Gasteiger partial charge >= 0.3 is 0 Å². The van der Waals surface area contributed by atoms with Crippen LogP contribution in [0.25, 0.3) is 0 Å². The third-order valence-electron chi connectivity index (χ3n) is 3.75. The number of aromatic nitrogens is 2. The predicted octanol–water partition coefficient (Wildman–Crippen LogP) is 1.21. The van der Waals surface area contributed by atoms with Crippen LogP contribution in [-0.2, 0) is 17.9 Å². The van der Waals surface area contributed by atoms with Gasteiger partial charge in [-0.2, -0.15) is 0 Å². The Morgan fingerprint density at radius 2 is 2.24 bits per heavy atom. The molecule has 1 fully saturated rings. The second-order valence-corrected chi connectivity index (χ2v) is 5.32. The molecule has 0 bridgehead atoms. The fraction of sp³-hybridized carbons (Fsp3) is 0.400. The van der Waals surface area contributed by atoms with Crippen molar-refractivity contribution >= 4 is 5.91 Å². The summed E-state index contributed by atoms with van der Waals surface area (Å²) in [6, 6.07) is 9.95. The molecule has 1 aromatic carbocycles. The molecule has 0 saturated carbocycles. The maximum absolute atomic E-state index is 12.2. The van der Waals surface area contributed by atoms with E-state index in [-0.39, 0.29) is 11.8 Å². The Morgan fingerprint density at radius 3 is 3.00 bits per heavy atom. The van der Waals surface area contributed by atoms with Gasteiger partial charge in [-0.1, -0.05) is 40.6 Å². The number of hydrogen-bond donors (Lipinski definition) is 1. The Morgan fingerprint density at radius 1 is 1.38 bits per heavy atom. The summed E-state index contributed by atoms with van der Waals surface area (Å²) in [6.45, 7) is 2.93. The summed E-state index contributed by atoms with van der Waals surface area (Å²) >= 11 is 0. The van der Waals surface area contributed by atoms with E-state index < -0.39 is 0 Å². The van der Waals surface area contributed by atoms with Gasteiger partial charge in [0.15, 0.2) is 0 Å². The highest BCUT2D eigenvalue weighted by molar-refractivity contribution is 5.79. The number of nitrogens with zero attached hydrogens (tertiary/aromatic N) is 3. The molecule has 1 aromatic heterocycles. The molecule has 1 N–H and O–H groups in total. The number of carbonyl (C=O) groups excluding carboxylic acids is 1. The molecule has 3 rings (SSSR count). The highest BCUT2D eigenvalue weighted by Crippen LogP contribution is 2.18. The molecule has 1 unspecified atom stereocenters. The zero-order chi connectivity index (χ0) is 14.5. The molecule has 1 saturated heterocycles. The van der Waals surface area contributed by atoms with Crippen LogP contribution in [0, 0.1) is 5.92 Å². The van der Waals surface area contributed by atoms with E-state index in [0.29, 0.717) is 13.1 Å². The fourth-order valence-corrected chi connectivity index (χ4v) is 2.60. The molecule has 110 valence electrons. The summed E-state index contributed by atoms with van der Waals surface area (Å²) in [5.41, 5.74) is 1.93. The third kappa shape index (κ3) is 3.66. The van der Waals surface area contributed by atoms with Gasteiger partial charge < -0.3 is 5.32 Å². The van der Waals surface area contributed by atoms with Crippen molar-refractivity contribution < 1.29 is 9.42 Å². The summed E-state index contributed by atoms with van der Waals surface area (Å²) < 4.78 is 4.58. The van der Waals surface area contributed by atoms with Gasteiger partial charge in [-0.05, 0) is 18.5 Å². The van der Waals surface area contributed by atoms with Crippen LogP contribution in [-0.4, -0.2) is 34.2 Å². The van der Waals surface area contributed by atoms with Crippen molar-refractivity contribution in [2.24, 2.45) is 5.92 Å². The van der Waals surface area contributed by atoms with Crippen LogP contribution in [0.5, 0.6) is 0 Å². The molecular weight excluding hydrogens is 268 g/mol. The van der Waals surface area contributed by atoms with Crippen LogP contribution >= 0.6 is 0 Å². The van der Waals surface area contributed by atoms with Crippen LogP contribution in [0.1, 0.15) is 17.7 Å². The van der Waals surface area contributed by atoms with E-state index in [1.165, 1.54) is 0 Å². The largest absolute Gasteiger partial charge is 0.352 e. The minimum atomic E-state index is 0.0496. The Labute approximate surface area is 123 Å². The van der Waals surface area contributed by atoms with Gasteiger partial charge in [0.1, 0.15) is 5.69 Å². The quantitative estimate of drug-likeness (QED) is 0.894. The minimum absolute atomic E-state index is 0.0496. The minimum Gasteiger partial charge on any atom is -0.352 e. The lowest BCUT2D eigenvalue weighted by atomic mass is 10.1.